The number of hydrogen-bond acceptors (Lipinski definition) is 4. The van der Waals surface area contributed by atoms with Crippen molar-refractivity contribution in [2.45, 2.75) is 13.0 Å². The van der Waals surface area contributed by atoms with Crippen molar-refractivity contribution in [2.24, 2.45) is 0 Å². The van der Waals surface area contributed by atoms with Gasteiger partial charge in [0.25, 0.3) is 0 Å². The lowest BCUT2D eigenvalue weighted by Crippen LogP contribution is -2.37. The van der Waals surface area contributed by atoms with E-state index in [-0.39, 0.29) is 6.10 Å². The molecule has 1 aromatic rings. The molecule has 3 nitrogen and oxygen atoms in total. The van der Waals surface area contributed by atoms with E-state index in [1.807, 2.05) is 11.6 Å². The molecule has 4 heteroatoms. The molecule has 0 bridgehead atoms. The maximum Gasteiger partial charge on any atom is 0.123 e. The van der Waals surface area contributed by atoms with Crippen molar-refractivity contribution in [3.63, 3.8) is 0 Å². The summed E-state index contributed by atoms with van der Waals surface area (Å²) in [7, 11) is 0. The van der Waals surface area contributed by atoms with E-state index in [2.05, 4.69) is 16.8 Å². The van der Waals surface area contributed by atoms with Gasteiger partial charge in [0.05, 0.1) is 6.61 Å². The molecule has 0 aliphatic carbocycles. The van der Waals surface area contributed by atoms with Crippen LogP contribution in [-0.2, 0) is 4.74 Å². The summed E-state index contributed by atoms with van der Waals surface area (Å²) in [5.74, 6) is 0. The quantitative estimate of drug-likeness (QED) is 0.720. The first-order valence-electron chi connectivity index (χ1n) is 4.63. The highest BCUT2D eigenvalue weighted by Crippen LogP contribution is 2.23. The first-order chi connectivity index (χ1) is 6.40. The Balaban J connectivity index is 2.00. The lowest BCUT2D eigenvalue weighted by Gasteiger charge is -2.30. The minimum atomic E-state index is 0.202. The van der Waals surface area contributed by atoms with E-state index in [0.717, 1.165) is 31.2 Å². The van der Waals surface area contributed by atoms with E-state index in [4.69, 9.17) is 4.74 Å². The third kappa shape index (κ3) is 2.07. The number of morpholine rings is 1. The SMILES string of the molecule is CCN1CCOC(c2nccs2)C1. The Hall–Kier alpha value is -0.450. The zero-order chi connectivity index (χ0) is 9.10. The normalized spacial score (nSPS) is 24.8. The van der Waals surface area contributed by atoms with Crippen LogP contribution in [0.15, 0.2) is 11.6 Å². The smallest absolute Gasteiger partial charge is 0.123 e. The summed E-state index contributed by atoms with van der Waals surface area (Å²) in [5.41, 5.74) is 0. The van der Waals surface area contributed by atoms with Crippen LogP contribution < -0.4 is 0 Å². The van der Waals surface area contributed by atoms with E-state index in [0.29, 0.717) is 0 Å². The van der Waals surface area contributed by atoms with Crippen LogP contribution in [-0.4, -0.2) is 36.1 Å². The Labute approximate surface area is 82.3 Å². The average molecular weight is 198 g/mol. The highest BCUT2D eigenvalue weighted by atomic mass is 32.1. The lowest BCUT2D eigenvalue weighted by atomic mass is 10.3. The number of ether oxygens (including phenoxy) is 1. The van der Waals surface area contributed by atoms with Gasteiger partial charge in [-0.05, 0) is 6.54 Å². The molecule has 1 aromatic heterocycles. The summed E-state index contributed by atoms with van der Waals surface area (Å²) >= 11 is 1.68. The van der Waals surface area contributed by atoms with Gasteiger partial charge in [-0.25, -0.2) is 4.98 Å². The van der Waals surface area contributed by atoms with Gasteiger partial charge in [-0.2, -0.15) is 0 Å². The monoisotopic (exact) mass is 198 g/mol. The predicted molar refractivity (Wildman–Crippen MR) is 52.9 cm³/mol. The molecule has 1 atom stereocenters. The van der Waals surface area contributed by atoms with Crippen LogP contribution in [0.5, 0.6) is 0 Å². The van der Waals surface area contributed by atoms with Gasteiger partial charge in [0.2, 0.25) is 0 Å². The molecule has 1 fully saturated rings. The molecule has 2 heterocycles. The van der Waals surface area contributed by atoms with Crippen molar-refractivity contribution >= 4 is 11.3 Å². The predicted octanol–water partition coefficient (Wildman–Crippen LogP) is 1.54. The van der Waals surface area contributed by atoms with E-state index in [9.17, 15) is 0 Å². The summed E-state index contributed by atoms with van der Waals surface area (Å²) in [6, 6.07) is 0. The van der Waals surface area contributed by atoms with Gasteiger partial charge in [-0.15, -0.1) is 11.3 Å². The number of hydrogen-bond donors (Lipinski definition) is 0. The fourth-order valence-electron chi connectivity index (χ4n) is 1.53. The topological polar surface area (TPSA) is 25.4 Å². The fourth-order valence-corrected chi connectivity index (χ4v) is 2.21. The summed E-state index contributed by atoms with van der Waals surface area (Å²) in [6.07, 6.45) is 2.04. The van der Waals surface area contributed by atoms with Gasteiger partial charge in [0.15, 0.2) is 0 Å². The molecule has 0 spiro atoms. The number of nitrogens with zero attached hydrogens (tertiary/aromatic N) is 2. The second-order valence-corrected chi connectivity index (χ2v) is 4.05. The fraction of sp³-hybridized carbons (Fsp3) is 0.667. The number of rotatable bonds is 2. The van der Waals surface area contributed by atoms with Crippen molar-refractivity contribution in [2.75, 3.05) is 26.2 Å². The first kappa shape index (κ1) is 9.12. The number of thiazole rings is 1. The van der Waals surface area contributed by atoms with Crippen LogP contribution in [0.2, 0.25) is 0 Å². The van der Waals surface area contributed by atoms with Gasteiger partial charge in [-0.3, -0.25) is 4.90 Å². The minimum absolute atomic E-state index is 0.202. The zero-order valence-electron chi connectivity index (χ0n) is 7.77. The molecule has 13 heavy (non-hydrogen) atoms. The molecule has 2 rings (SSSR count). The second kappa shape index (κ2) is 4.17. The molecular weight excluding hydrogens is 184 g/mol. The van der Waals surface area contributed by atoms with Gasteiger partial charge >= 0.3 is 0 Å². The van der Waals surface area contributed by atoms with Crippen LogP contribution in [0, 0.1) is 0 Å². The summed E-state index contributed by atoms with van der Waals surface area (Å²) in [5, 5.41) is 3.11. The van der Waals surface area contributed by atoms with E-state index >= 15 is 0 Å². The van der Waals surface area contributed by atoms with Crippen molar-refractivity contribution in [3.8, 4) is 0 Å². The Morgan fingerprint density at radius 1 is 1.77 bits per heavy atom. The molecule has 0 radical (unpaired) electrons. The molecule has 1 aliphatic heterocycles. The highest BCUT2D eigenvalue weighted by molar-refractivity contribution is 7.09. The average Bonchev–Trinajstić information content (AvgIpc) is 2.71. The number of likely N-dealkylation sites (N-methyl/N-ethyl adjacent to an activating group) is 1. The number of aromatic nitrogens is 1. The van der Waals surface area contributed by atoms with Crippen molar-refractivity contribution in [1.82, 2.24) is 9.88 Å². The molecular formula is C9H14N2OS. The molecule has 0 amide bonds. The van der Waals surface area contributed by atoms with Gasteiger partial charge in [0, 0.05) is 24.7 Å². The highest BCUT2D eigenvalue weighted by Gasteiger charge is 2.22. The molecule has 1 unspecified atom stereocenters. The van der Waals surface area contributed by atoms with Crippen LogP contribution >= 0.6 is 11.3 Å². The molecule has 0 aromatic carbocycles. The van der Waals surface area contributed by atoms with Crippen molar-refractivity contribution in [1.29, 1.82) is 0 Å². The Kier molecular flexibility index (Phi) is 2.93. The Morgan fingerprint density at radius 2 is 2.69 bits per heavy atom. The van der Waals surface area contributed by atoms with E-state index < -0.39 is 0 Å². The maximum atomic E-state index is 5.66. The second-order valence-electron chi connectivity index (χ2n) is 3.12. The molecule has 1 aliphatic rings. The zero-order valence-corrected chi connectivity index (χ0v) is 8.59. The third-order valence-electron chi connectivity index (χ3n) is 2.32. The summed E-state index contributed by atoms with van der Waals surface area (Å²) in [6.45, 7) is 6.16. The molecule has 0 N–H and O–H groups in total. The largest absolute Gasteiger partial charge is 0.368 e. The van der Waals surface area contributed by atoms with Crippen LogP contribution in [0.3, 0.4) is 0 Å². The lowest BCUT2D eigenvalue weighted by molar-refractivity contribution is -0.0282. The van der Waals surface area contributed by atoms with E-state index in [1.165, 1.54) is 0 Å². The van der Waals surface area contributed by atoms with Crippen molar-refractivity contribution in [3.05, 3.63) is 16.6 Å². The molecule has 1 saturated heterocycles. The van der Waals surface area contributed by atoms with Crippen molar-refractivity contribution < 1.29 is 4.74 Å². The first-order valence-corrected chi connectivity index (χ1v) is 5.51. The standard InChI is InChI=1S/C9H14N2OS/c1-2-11-4-5-12-8(7-11)9-10-3-6-13-9/h3,6,8H,2,4-5,7H2,1H3. The van der Waals surface area contributed by atoms with Gasteiger partial charge in [-0.1, -0.05) is 6.92 Å². The third-order valence-corrected chi connectivity index (χ3v) is 3.19. The van der Waals surface area contributed by atoms with Crippen LogP contribution in [0.4, 0.5) is 0 Å². The molecule has 0 saturated carbocycles. The van der Waals surface area contributed by atoms with Crippen LogP contribution in [0.1, 0.15) is 18.0 Å². The Morgan fingerprint density at radius 3 is 3.38 bits per heavy atom. The Bertz CT molecular complexity index is 250. The molecule has 72 valence electrons. The van der Waals surface area contributed by atoms with Gasteiger partial charge < -0.3 is 4.74 Å². The van der Waals surface area contributed by atoms with E-state index in [1.54, 1.807) is 11.3 Å². The van der Waals surface area contributed by atoms with Gasteiger partial charge in [0.1, 0.15) is 11.1 Å². The summed E-state index contributed by atoms with van der Waals surface area (Å²) in [4.78, 5) is 6.67. The summed E-state index contributed by atoms with van der Waals surface area (Å²) < 4.78 is 5.66. The maximum absolute atomic E-state index is 5.66. The van der Waals surface area contributed by atoms with Crippen LogP contribution in [0.25, 0.3) is 0 Å². The minimum Gasteiger partial charge on any atom is -0.368 e.